The standard InChI is InChI=1S/C26H17N/c1-3-9-20-16(6-1)12-19-14-25-23(15-22(19)20)21-10-5-8-18-13-17-7-2-4-11-24(17)27(25)26(18)21/h1-11,14-15H,12-13H2. The van der Waals surface area contributed by atoms with Crippen LogP contribution in [-0.4, -0.2) is 4.57 Å². The average molecular weight is 343 g/mol. The highest BCUT2D eigenvalue weighted by Crippen LogP contribution is 2.44. The van der Waals surface area contributed by atoms with E-state index in [9.17, 15) is 0 Å². The maximum absolute atomic E-state index is 2.50. The topological polar surface area (TPSA) is 4.93 Å². The van der Waals surface area contributed by atoms with Gasteiger partial charge in [0.2, 0.25) is 0 Å². The van der Waals surface area contributed by atoms with E-state index in [2.05, 4.69) is 83.4 Å². The molecule has 5 aromatic rings. The van der Waals surface area contributed by atoms with Gasteiger partial charge < -0.3 is 4.57 Å². The Bertz CT molecular complexity index is 1420. The Kier molecular flexibility index (Phi) is 2.40. The summed E-state index contributed by atoms with van der Waals surface area (Å²) in [5, 5.41) is 2.75. The number of hydrogen-bond donors (Lipinski definition) is 0. The van der Waals surface area contributed by atoms with Crippen LogP contribution in [-0.2, 0) is 12.8 Å². The summed E-state index contributed by atoms with van der Waals surface area (Å²) >= 11 is 0. The molecule has 0 radical (unpaired) electrons. The Balaban J connectivity index is 1.67. The lowest BCUT2D eigenvalue weighted by Crippen LogP contribution is -2.07. The molecule has 1 aliphatic carbocycles. The minimum Gasteiger partial charge on any atom is -0.309 e. The molecule has 0 N–H and O–H groups in total. The number of aromatic nitrogens is 1. The van der Waals surface area contributed by atoms with Crippen molar-refractivity contribution >= 4 is 21.8 Å². The second-order valence-electron chi connectivity index (χ2n) is 7.81. The van der Waals surface area contributed by atoms with Crippen molar-refractivity contribution in [3.8, 4) is 16.8 Å². The molecule has 0 fully saturated rings. The lowest BCUT2D eigenvalue weighted by Gasteiger charge is -2.20. The molecule has 0 unspecified atom stereocenters. The molecule has 4 aromatic carbocycles. The van der Waals surface area contributed by atoms with Crippen molar-refractivity contribution in [2.24, 2.45) is 0 Å². The van der Waals surface area contributed by atoms with Crippen LogP contribution in [0.5, 0.6) is 0 Å². The van der Waals surface area contributed by atoms with Crippen molar-refractivity contribution in [2.75, 3.05) is 0 Å². The maximum atomic E-state index is 2.50. The molecule has 0 saturated heterocycles. The van der Waals surface area contributed by atoms with Crippen LogP contribution in [0.2, 0.25) is 0 Å². The zero-order chi connectivity index (χ0) is 17.5. The lowest BCUT2D eigenvalue weighted by molar-refractivity contribution is 1.04. The van der Waals surface area contributed by atoms with Crippen LogP contribution in [0, 0.1) is 0 Å². The van der Waals surface area contributed by atoms with Gasteiger partial charge in [-0.25, -0.2) is 0 Å². The van der Waals surface area contributed by atoms with Gasteiger partial charge in [0.05, 0.1) is 11.0 Å². The summed E-state index contributed by atoms with van der Waals surface area (Å²) in [7, 11) is 0. The number of rotatable bonds is 0. The molecule has 126 valence electrons. The van der Waals surface area contributed by atoms with E-state index >= 15 is 0 Å². The predicted octanol–water partition coefficient (Wildman–Crippen LogP) is 6.26. The fourth-order valence-electron chi connectivity index (χ4n) is 5.24. The molecule has 0 atom stereocenters. The molecule has 1 nitrogen and oxygen atoms in total. The van der Waals surface area contributed by atoms with Crippen LogP contribution < -0.4 is 0 Å². The molecule has 27 heavy (non-hydrogen) atoms. The number of nitrogens with zero attached hydrogens (tertiary/aromatic N) is 1. The van der Waals surface area contributed by atoms with Gasteiger partial charge in [-0.2, -0.15) is 0 Å². The van der Waals surface area contributed by atoms with Crippen molar-refractivity contribution in [3.05, 3.63) is 101 Å². The summed E-state index contributed by atoms with van der Waals surface area (Å²) in [6.07, 6.45) is 2.06. The van der Waals surface area contributed by atoms with Gasteiger partial charge in [0.15, 0.2) is 0 Å². The minimum atomic E-state index is 1.02. The van der Waals surface area contributed by atoms with E-state index in [1.165, 1.54) is 60.9 Å². The van der Waals surface area contributed by atoms with E-state index in [4.69, 9.17) is 0 Å². The van der Waals surface area contributed by atoms with Crippen LogP contribution in [0.1, 0.15) is 22.3 Å². The first-order valence-corrected chi connectivity index (χ1v) is 9.64. The summed E-state index contributed by atoms with van der Waals surface area (Å²) in [5.41, 5.74) is 12.6. The van der Waals surface area contributed by atoms with Crippen LogP contribution in [0.25, 0.3) is 38.6 Å². The highest BCUT2D eigenvalue weighted by Gasteiger charge is 2.25. The van der Waals surface area contributed by atoms with E-state index in [-0.39, 0.29) is 0 Å². The molecule has 0 spiro atoms. The molecule has 1 heteroatoms. The van der Waals surface area contributed by atoms with Gasteiger partial charge in [-0.1, -0.05) is 60.7 Å². The van der Waals surface area contributed by atoms with Crippen LogP contribution in [0.4, 0.5) is 0 Å². The Labute approximate surface area is 157 Å². The molecular weight excluding hydrogens is 326 g/mol. The van der Waals surface area contributed by atoms with E-state index in [1.54, 1.807) is 0 Å². The zero-order valence-corrected chi connectivity index (χ0v) is 14.9. The summed E-state index contributed by atoms with van der Waals surface area (Å²) < 4.78 is 2.50. The first-order valence-electron chi connectivity index (χ1n) is 9.64. The first-order chi connectivity index (χ1) is 13.4. The number of hydrogen-bond acceptors (Lipinski definition) is 0. The van der Waals surface area contributed by atoms with Crippen LogP contribution in [0.3, 0.4) is 0 Å². The van der Waals surface area contributed by atoms with Crippen molar-refractivity contribution in [3.63, 3.8) is 0 Å². The molecule has 1 aliphatic heterocycles. The fraction of sp³-hybridized carbons (Fsp3) is 0.0769. The van der Waals surface area contributed by atoms with Gasteiger partial charge in [-0.3, -0.25) is 0 Å². The second-order valence-corrected chi connectivity index (χ2v) is 7.81. The molecule has 2 heterocycles. The van der Waals surface area contributed by atoms with Gasteiger partial charge in [0.1, 0.15) is 0 Å². The minimum absolute atomic E-state index is 1.02. The van der Waals surface area contributed by atoms with Crippen molar-refractivity contribution in [1.82, 2.24) is 4.57 Å². The molecule has 0 saturated carbocycles. The Hall–Kier alpha value is -3.32. The van der Waals surface area contributed by atoms with Crippen LogP contribution in [0.15, 0.2) is 78.9 Å². The lowest BCUT2D eigenvalue weighted by atomic mass is 9.97. The largest absolute Gasteiger partial charge is 0.309 e. The van der Waals surface area contributed by atoms with Crippen molar-refractivity contribution in [1.29, 1.82) is 0 Å². The third-order valence-electron chi connectivity index (χ3n) is 6.40. The zero-order valence-electron chi connectivity index (χ0n) is 14.9. The molecule has 2 aliphatic rings. The van der Waals surface area contributed by atoms with E-state index in [0.29, 0.717) is 0 Å². The Morgan fingerprint density at radius 1 is 0.556 bits per heavy atom. The molecule has 0 amide bonds. The van der Waals surface area contributed by atoms with Crippen molar-refractivity contribution in [2.45, 2.75) is 12.8 Å². The third kappa shape index (κ3) is 1.65. The van der Waals surface area contributed by atoms with Gasteiger partial charge in [-0.15, -0.1) is 0 Å². The highest BCUT2D eigenvalue weighted by molar-refractivity contribution is 6.12. The van der Waals surface area contributed by atoms with Gasteiger partial charge >= 0.3 is 0 Å². The van der Waals surface area contributed by atoms with Crippen molar-refractivity contribution < 1.29 is 0 Å². The molecule has 0 bridgehead atoms. The quantitative estimate of drug-likeness (QED) is 0.306. The average Bonchev–Trinajstić information content (AvgIpc) is 3.23. The third-order valence-corrected chi connectivity index (χ3v) is 6.40. The first kappa shape index (κ1) is 13.8. The second kappa shape index (κ2) is 4.69. The van der Waals surface area contributed by atoms with Gasteiger partial charge in [0, 0.05) is 22.9 Å². The Morgan fingerprint density at radius 2 is 1.33 bits per heavy atom. The van der Waals surface area contributed by atoms with Crippen LogP contribution >= 0.6 is 0 Å². The summed E-state index contributed by atoms with van der Waals surface area (Å²) in [6.45, 7) is 0. The molecule has 7 rings (SSSR count). The summed E-state index contributed by atoms with van der Waals surface area (Å²) in [4.78, 5) is 0. The van der Waals surface area contributed by atoms with Gasteiger partial charge in [0.25, 0.3) is 0 Å². The van der Waals surface area contributed by atoms with E-state index in [1.807, 2.05) is 0 Å². The maximum Gasteiger partial charge on any atom is 0.0576 e. The fourth-order valence-corrected chi connectivity index (χ4v) is 5.24. The SMILES string of the molecule is c1ccc2c(c1)Cc1cc3c(cc1-2)c1cccc2c1n3-c1ccccc1C2. The normalized spacial score (nSPS) is 13.6. The molecular formula is C26H17N. The van der Waals surface area contributed by atoms with Gasteiger partial charge in [-0.05, 0) is 58.0 Å². The highest BCUT2D eigenvalue weighted by atomic mass is 15.0. The van der Waals surface area contributed by atoms with E-state index in [0.717, 1.165) is 12.8 Å². The molecule has 1 aromatic heterocycles. The summed E-state index contributed by atoms with van der Waals surface area (Å²) in [6, 6.07) is 29.4. The number of fused-ring (bicyclic) bond motifs is 8. The van der Waals surface area contributed by atoms with E-state index < -0.39 is 0 Å². The summed E-state index contributed by atoms with van der Waals surface area (Å²) in [5.74, 6) is 0. The number of para-hydroxylation sites is 2. The number of benzene rings is 4. The monoisotopic (exact) mass is 343 g/mol. The predicted molar refractivity (Wildman–Crippen MR) is 112 cm³/mol. The Morgan fingerprint density at radius 3 is 2.30 bits per heavy atom. The smallest absolute Gasteiger partial charge is 0.0576 e.